The second-order valence-corrected chi connectivity index (χ2v) is 5.23. The van der Waals surface area contributed by atoms with Crippen LogP contribution in [0.15, 0.2) is 48.5 Å². The molecule has 6 nitrogen and oxygen atoms in total. The molecule has 0 radical (unpaired) electrons. The summed E-state index contributed by atoms with van der Waals surface area (Å²) in [4.78, 5) is 12.2. The zero-order chi connectivity index (χ0) is 17.4. The molecule has 2 rings (SSSR count). The molecule has 0 heterocycles. The Kier molecular flexibility index (Phi) is 8.77. The fourth-order valence-corrected chi connectivity index (χ4v) is 2.07. The summed E-state index contributed by atoms with van der Waals surface area (Å²) in [6.45, 7) is 0.675. The average Bonchev–Trinajstić information content (AvgIpc) is 2.61. The van der Waals surface area contributed by atoms with Crippen molar-refractivity contribution in [2.45, 2.75) is 6.10 Å². The van der Waals surface area contributed by atoms with E-state index in [9.17, 15) is 9.90 Å². The molecule has 0 fully saturated rings. The first-order valence-corrected chi connectivity index (χ1v) is 7.63. The Balaban J connectivity index is 0.00000312. The Labute approximate surface area is 153 Å². The molecule has 0 aliphatic rings. The number of aliphatic hydroxyl groups is 1. The number of rotatable bonds is 8. The van der Waals surface area contributed by atoms with Crippen molar-refractivity contribution in [3.05, 3.63) is 54.1 Å². The highest BCUT2D eigenvalue weighted by Crippen LogP contribution is 2.17. The molecule has 1 atom stereocenters. The minimum Gasteiger partial charge on any atom is -0.497 e. The maximum Gasteiger partial charge on any atom is 0.255 e. The quantitative estimate of drug-likeness (QED) is 0.668. The summed E-state index contributed by atoms with van der Waals surface area (Å²) in [5.41, 5.74) is 1.21. The van der Waals surface area contributed by atoms with E-state index in [0.717, 1.165) is 0 Å². The van der Waals surface area contributed by atoms with Crippen LogP contribution < -0.4 is 20.1 Å². The summed E-state index contributed by atoms with van der Waals surface area (Å²) in [6, 6.07) is 13.9. The predicted octanol–water partition coefficient (Wildman–Crippen LogP) is 2.33. The molecule has 0 saturated heterocycles. The normalized spacial score (nSPS) is 11.2. The van der Waals surface area contributed by atoms with Gasteiger partial charge in [0.25, 0.3) is 5.91 Å². The highest BCUT2D eigenvalue weighted by Gasteiger charge is 2.07. The monoisotopic (exact) mass is 366 g/mol. The van der Waals surface area contributed by atoms with Gasteiger partial charge < -0.3 is 25.2 Å². The number of likely N-dealkylation sites (N-methyl/N-ethyl adjacent to an activating group) is 1. The van der Waals surface area contributed by atoms with E-state index in [0.29, 0.717) is 29.3 Å². The summed E-state index contributed by atoms with van der Waals surface area (Å²) >= 11 is 0. The summed E-state index contributed by atoms with van der Waals surface area (Å²) in [6.07, 6.45) is -0.565. The van der Waals surface area contributed by atoms with Crippen molar-refractivity contribution in [2.75, 3.05) is 32.6 Å². The molecule has 2 aromatic carbocycles. The first-order chi connectivity index (χ1) is 11.6. The van der Waals surface area contributed by atoms with E-state index < -0.39 is 6.10 Å². The molecule has 0 aliphatic heterocycles. The number of benzene rings is 2. The smallest absolute Gasteiger partial charge is 0.255 e. The highest BCUT2D eigenvalue weighted by atomic mass is 35.5. The molecule has 3 N–H and O–H groups in total. The molecular formula is C18H23ClN2O4. The van der Waals surface area contributed by atoms with Gasteiger partial charge in [-0.25, -0.2) is 0 Å². The van der Waals surface area contributed by atoms with Gasteiger partial charge in [0.1, 0.15) is 24.2 Å². The van der Waals surface area contributed by atoms with Gasteiger partial charge in [-0.1, -0.05) is 0 Å². The zero-order valence-electron chi connectivity index (χ0n) is 14.2. The third-order valence-corrected chi connectivity index (χ3v) is 3.35. The molecule has 0 bridgehead atoms. The third-order valence-electron chi connectivity index (χ3n) is 3.35. The highest BCUT2D eigenvalue weighted by molar-refractivity contribution is 6.04. The lowest BCUT2D eigenvalue weighted by molar-refractivity contribution is 0.102. The van der Waals surface area contributed by atoms with Gasteiger partial charge in [-0.05, 0) is 55.6 Å². The largest absolute Gasteiger partial charge is 0.497 e. The number of methoxy groups -OCH3 is 1. The Morgan fingerprint density at radius 1 is 1.08 bits per heavy atom. The van der Waals surface area contributed by atoms with Gasteiger partial charge in [0.15, 0.2) is 0 Å². The van der Waals surface area contributed by atoms with Crippen molar-refractivity contribution in [2.24, 2.45) is 0 Å². The third kappa shape index (κ3) is 6.62. The van der Waals surface area contributed by atoms with Crippen LogP contribution in [-0.4, -0.2) is 44.4 Å². The van der Waals surface area contributed by atoms with Crippen LogP contribution in [0, 0.1) is 0 Å². The Hall–Kier alpha value is -2.28. The molecular weight excluding hydrogens is 344 g/mol. The number of carbonyl (C=O) groups excluding carboxylic acids is 1. The molecule has 0 saturated carbocycles. The SMILES string of the molecule is CNCC(O)COc1ccc(NC(=O)c2ccc(OC)cc2)cc1.Cl. The van der Waals surface area contributed by atoms with E-state index in [1.165, 1.54) is 0 Å². The molecule has 2 aromatic rings. The lowest BCUT2D eigenvalue weighted by Gasteiger charge is -2.12. The van der Waals surface area contributed by atoms with Crippen molar-refractivity contribution in [3.8, 4) is 11.5 Å². The summed E-state index contributed by atoms with van der Waals surface area (Å²) in [5, 5.41) is 15.3. The Morgan fingerprint density at radius 3 is 2.24 bits per heavy atom. The van der Waals surface area contributed by atoms with E-state index in [1.807, 2.05) is 0 Å². The van der Waals surface area contributed by atoms with Crippen molar-refractivity contribution in [1.29, 1.82) is 0 Å². The van der Waals surface area contributed by atoms with Crippen LogP contribution in [0.3, 0.4) is 0 Å². The first kappa shape index (κ1) is 20.8. The zero-order valence-corrected chi connectivity index (χ0v) is 15.0. The number of aliphatic hydroxyl groups excluding tert-OH is 1. The summed E-state index contributed by atoms with van der Waals surface area (Å²) in [5.74, 6) is 1.14. The van der Waals surface area contributed by atoms with E-state index in [4.69, 9.17) is 9.47 Å². The van der Waals surface area contributed by atoms with Crippen molar-refractivity contribution in [3.63, 3.8) is 0 Å². The molecule has 7 heteroatoms. The van der Waals surface area contributed by atoms with Crippen LogP contribution >= 0.6 is 12.4 Å². The van der Waals surface area contributed by atoms with Gasteiger partial charge in [-0.15, -0.1) is 12.4 Å². The van der Waals surface area contributed by atoms with Crippen LogP contribution in [-0.2, 0) is 0 Å². The van der Waals surface area contributed by atoms with Crippen molar-refractivity contribution >= 4 is 24.0 Å². The van der Waals surface area contributed by atoms with Gasteiger partial charge in [-0.3, -0.25) is 4.79 Å². The number of amides is 1. The number of nitrogens with one attached hydrogen (secondary N) is 2. The number of hydrogen-bond donors (Lipinski definition) is 3. The van der Waals surface area contributed by atoms with E-state index >= 15 is 0 Å². The number of anilines is 1. The number of halogens is 1. The number of carbonyl (C=O) groups is 1. The minimum absolute atomic E-state index is 0. The van der Waals surface area contributed by atoms with Crippen LogP contribution in [0.4, 0.5) is 5.69 Å². The number of ether oxygens (including phenoxy) is 2. The second kappa shape index (κ2) is 10.6. The summed E-state index contributed by atoms with van der Waals surface area (Å²) in [7, 11) is 3.35. The van der Waals surface area contributed by atoms with Gasteiger partial charge in [0, 0.05) is 17.8 Å². The Morgan fingerprint density at radius 2 is 1.68 bits per heavy atom. The molecule has 0 aromatic heterocycles. The lowest BCUT2D eigenvalue weighted by Crippen LogP contribution is -2.29. The minimum atomic E-state index is -0.565. The van der Waals surface area contributed by atoms with Crippen LogP contribution in [0.1, 0.15) is 10.4 Å². The van der Waals surface area contributed by atoms with E-state index in [1.54, 1.807) is 62.7 Å². The molecule has 1 unspecified atom stereocenters. The fraction of sp³-hybridized carbons (Fsp3) is 0.278. The average molecular weight is 367 g/mol. The van der Waals surface area contributed by atoms with Gasteiger partial charge in [-0.2, -0.15) is 0 Å². The maximum absolute atomic E-state index is 12.2. The van der Waals surface area contributed by atoms with Crippen molar-refractivity contribution in [1.82, 2.24) is 5.32 Å². The standard InChI is InChI=1S/C18H22N2O4.ClH/c1-19-11-15(21)12-24-17-9-5-14(6-10-17)20-18(22)13-3-7-16(23-2)8-4-13;/h3-10,15,19,21H,11-12H2,1-2H3,(H,20,22);1H. The van der Waals surface area contributed by atoms with E-state index in [2.05, 4.69) is 10.6 Å². The predicted molar refractivity (Wildman–Crippen MR) is 100 cm³/mol. The van der Waals surface area contributed by atoms with Gasteiger partial charge in [0.05, 0.1) is 7.11 Å². The molecule has 25 heavy (non-hydrogen) atoms. The molecule has 0 aliphatic carbocycles. The van der Waals surface area contributed by atoms with Crippen LogP contribution in [0.25, 0.3) is 0 Å². The maximum atomic E-state index is 12.2. The van der Waals surface area contributed by atoms with Gasteiger partial charge in [0.2, 0.25) is 0 Å². The summed E-state index contributed by atoms with van der Waals surface area (Å²) < 4.78 is 10.5. The fourth-order valence-electron chi connectivity index (χ4n) is 2.07. The molecule has 136 valence electrons. The topological polar surface area (TPSA) is 79.8 Å². The second-order valence-electron chi connectivity index (χ2n) is 5.23. The van der Waals surface area contributed by atoms with Crippen LogP contribution in [0.5, 0.6) is 11.5 Å². The molecule has 0 spiro atoms. The first-order valence-electron chi connectivity index (χ1n) is 7.63. The lowest BCUT2D eigenvalue weighted by atomic mass is 10.2. The van der Waals surface area contributed by atoms with Gasteiger partial charge >= 0.3 is 0 Å². The molecule has 1 amide bonds. The van der Waals surface area contributed by atoms with Crippen molar-refractivity contribution < 1.29 is 19.4 Å². The van der Waals surface area contributed by atoms with E-state index in [-0.39, 0.29) is 24.9 Å². The number of hydrogen-bond acceptors (Lipinski definition) is 5. The van der Waals surface area contributed by atoms with Crippen LogP contribution in [0.2, 0.25) is 0 Å². The Bertz CT molecular complexity index is 647.